The fourth-order valence-electron chi connectivity index (χ4n) is 3.13. The number of anilines is 2. The van der Waals surface area contributed by atoms with Crippen molar-refractivity contribution in [3.63, 3.8) is 0 Å². The second-order valence-corrected chi connectivity index (χ2v) is 7.37. The minimum atomic E-state index is -0.426. The summed E-state index contributed by atoms with van der Waals surface area (Å²) in [6, 6.07) is 27.0. The summed E-state index contributed by atoms with van der Waals surface area (Å²) in [5, 5.41) is 3.28. The zero-order chi connectivity index (χ0) is 22.3. The number of hydrogen-bond donors (Lipinski definition) is 1. The molecule has 0 saturated carbocycles. The van der Waals surface area contributed by atoms with Crippen molar-refractivity contribution in [1.29, 1.82) is 0 Å². The largest absolute Gasteiger partial charge is 0.423 e. The summed E-state index contributed by atoms with van der Waals surface area (Å²) >= 11 is 0. The molecular formula is C27H23N3O2. The van der Waals surface area contributed by atoms with Crippen LogP contribution in [0.3, 0.4) is 0 Å². The van der Waals surface area contributed by atoms with Crippen LogP contribution in [0.25, 0.3) is 17.3 Å². The molecule has 5 heteroatoms. The number of nitrogens with zero attached hydrogens (tertiary/aromatic N) is 2. The predicted octanol–water partition coefficient (Wildman–Crippen LogP) is 6.12. The first-order valence-corrected chi connectivity index (χ1v) is 10.3. The van der Waals surface area contributed by atoms with Crippen LogP contribution in [0.1, 0.15) is 17.0 Å². The van der Waals surface area contributed by atoms with Gasteiger partial charge in [0, 0.05) is 23.4 Å². The smallest absolute Gasteiger partial charge is 0.336 e. The molecule has 0 aliphatic rings. The van der Waals surface area contributed by atoms with E-state index in [9.17, 15) is 4.79 Å². The second-order valence-electron chi connectivity index (χ2n) is 7.37. The zero-order valence-electron chi connectivity index (χ0n) is 17.9. The van der Waals surface area contributed by atoms with E-state index >= 15 is 0 Å². The Morgan fingerprint density at radius 1 is 0.875 bits per heavy atom. The number of esters is 1. The average Bonchev–Trinajstić information content (AvgIpc) is 2.80. The van der Waals surface area contributed by atoms with Gasteiger partial charge in [-0.05, 0) is 49.8 Å². The monoisotopic (exact) mass is 421 g/mol. The predicted molar refractivity (Wildman–Crippen MR) is 128 cm³/mol. The van der Waals surface area contributed by atoms with Gasteiger partial charge in [0.25, 0.3) is 0 Å². The molecule has 0 saturated heterocycles. The Hall–Kier alpha value is -4.25. The van der Waals surface area contributed by atoms with Crippen molar-refractivity contribution in [3.8, 4) is 17.0 Å². The molecule has 4 rings (SSSR count). The van der Waals surface area contributed by atoms with Gasteiger partial charge in [-0.1, -0.05) is 60.2 Å². The van der Waals surface area contributed by atoms with Crippen LogP contribution in [0.4, 0.5) is 11.5 Å². The van der Waals surface area contributed by atoms with Crippen LogP contribution in [0, 0.1) is 13.8 Å². The van der Waals surface area contributed by atoms with Gasteiger partial charge in [-0.25, -0.2) is 14.8 Å². The van der Waals surface area contributed by atoms with Crippen molar-refractivity contribution >= 4 is 23.6 Å². The van der Waals surface area contributed by atoms with Gasteiger partial charge in [-0.15, -0.1) is 0 Å². The molecule has 0 unspecified atom stereocenters. The lowest BCUT2D eigenvalue weighted by Crippen LogP contribution is -2.03. The van der Waals surface area contributed by atoms with Crippen LogP contribution in [0.15, 0.2) is 91.0 Å². The molecular weight excluding hydrogens is 398 g/mol. The third-order valence-electron chi connectivity index (χ3n) is 4.74. The van der Waals surface area contributed by atoms with E-state index in [0.717, 1.165) is 22.5 Å². The highest BCUT2D eigenvalue weighted by molar-refractivity contribution is 5.88. The van der Waals surface area contributed by atoms with Gasteiger partial charge < -0.3 is 10.1 Å². The Morgan fingerprint density at radius 2 is 1.59 bits per heavy atom. The molecule has 0 bridgehead atoms. The van der Waals surface area contributed by atoms with E-state index in [1.54, 1.807) is 18.2 Å². The number of aromatic nitrogens is 2. The lowest BCUT2D eigenvalue weighted by atomic mass is 10.1. The highest BCUT2D eigenvalue weighted by Crippen LogP contribution is 2.23. The molecule has 0 fully saturated rings. The maximum atomic E-state index is 12.1. The van der Waals surface area contributed by atoms with Gasteiger partial charge in [0.15, 0.2) is 0 Å². The summed E-state index contributed by atoms with van der Waals surface area (Å²) in [6.07, 6.45) is 3.16. The molecule has 32 heavy (non-hydrogen) atoms. The van der Waals surface area contributed by atoms with E-state index in [-0.39, 0.29) is 0 Å². The fourth-order valence-corrected chi connectivity index (χ4v) is 3.13. The van der Waals surface area contributed by atoms with Gasteiger partial charge in [0.1, 0.15) is 17.4 Å². The molecule has 1 heterocycles. The quantitative estimate of drug-likeness (QED) is 0.231. The average molecular weight is 422 g/mol. The summed E-state index contributed by atoms with van der Waals surface area (Å²) in [5.74, 6) is 1.42. The van der Waals surface area contributed by atoms with Gasteiger partial charge in [0.2, 0.25) is 0 Å². The number of rotatable bonds is 6. The van der Waals surface area contributed by atoms with E-state index in [0.29, 0.717) is 17.4 Å². The van der Waals surface area contributed by atoms with Crippen LogP contribution in [-0.4, -0.2) is 15.9 Å². The number of carbonyl (C=O) groups is 1. The van der Waals surface area contributed by atoms with Crippen LogP contribution in [-0.2, 0) is 4.79 Å². The topological polar surface area (TPSA) is 64.1 Å². The van der Waals surface area contributed by atoms with Gasteiger partial charge >= 0.3 is 5.97 Å². The molecule has 0 aliphatic carbocycles. The van der Waals surface area contributed by atoms with Gasteiger partial charge in [-0.2, -0.15) is 0 Å². The van der Waals surface area contributed by atoms with Crippen molar-refractivity contribution in [2.24, 2.45) is 0 Å². The second kappa shape index (κ2) is 9.71. The molecule has 5 nitrogen and oxygen atoms in total. The zero-order valence-corrected chi connectivity index (χ0v) is 17.9. The SMILES string of the molecule is Cc1ccc(/C=C/C(=O)Oc2ccc(Nc3cc(-c4ccccc4)nc(C)n3)cc2)cc1. The first-order valence-electron chi connectivity index (χ1n) is 10.3. The minimum Gasteiger partial charge on any atom is -0.423 e. The number of carbonyl (C=O) groups excluding carboxylic acids is 1. The molecule has 1 aromatic heterocycles. The Labute approximate surface area is 187 Å². The molecule has 0 spiro atoms. The summed E-state index contributed by atoms with van der Waals surface area (Å²) in [6.45, 7) is 3.89. The Kier molecular flexibility index (Phi) is 6.37. The minimum absolute atomic E-state index is 0.426. The summed E-state index contributed by atoms with van der Waals surface area (Å²) in [7, 11) is 0. The van der Waals surface area contributed by atoms with Crippen LogP contribution in [0.2, 0.25) is 0 Å². The van der Waals surface area contributed by atoms with E-state index in [2.05, 4.69) is 15.3 Å². The number of aryl methyl sites for hydroxylation is 2. The first-order chi connectivity index (χ1) is 15.5. The Bertz CT molecular complexity index is 1230. The first kappa shape index (κ1) is 21.0. The molecule has 158 valence electrons. The van der Waals surface area contributed by atoms with E-state index in [1.165, 1.54) is 11.6 Å². The molecule has 0 amide bonds. The molecule has 1 N–H and O–H groups in total. The van der Waals surface area contributed by atoms with Crippen LogP contribution in [0.5, 0.6) is 5.75 Å². The maximum Gasteiger partial charge on any atom is 0.336 e. The maximum absolute atomic E-state index is 12.1. The molecule has 4 aromatic rings. The Balaban J connectivity index is 1.40. The van der Waals surface area contributed by atoms with Crippen molar-refractivity contribution in [1.82, 2.24) is 9.97 Å². The molecule has 3 aromatic carbocycles. The van der Waals surface area contributed by atoms with E-state index in [1.807, 2.05) is 86.6 Å². The van der Waals surface area contributed by atoms with Crippen molar-refractivity contribution in [2.45, 2.75) is 13.8 Å². The third kappa shape index (κ3) is 5.67. The molecule has 0 atom stereocenters. The number of benzene rings is 3. The van der Waals surface area contributed by atoms with E-state index in [4.69, 9.17) is 4.74 Å². The van der Waals surface area contributed by atoms with E-state index < -0.39 is 5.97 Å². The van der Waals surface area contributed by atoms with Crippen LogP contribution < -0.4 is 10.1 Å². The summed E-state index contributed by atoms with van der Waals surface area (Å²) in [5.41, 5.74) is 4.83. The summed E-state index contributed by atoms with van der Waals surface area (Å²) < 4.78 is 5.38. The highest BCUT2D eigenvalue weighted by atomic mass is 16.5. The Morgan fingerprint density at radius 3 is 2.31 bits per heavy atom. The lowest BCUT2D eigenvalue weighted by molar-refractivity contribution is -0.128. The normalized spacial score (nSPS) is 10.8. The van der Waals surface area contributed by atoms with Gasteiger partial charge in [-0.3, -0.25) is 0 Å². The third-order valence-corrected chi connectivity index (χ3v) is 4.74. The lowest BCUT2D eigenvalue weighted by Gasteiger charge is -2.09. The number of nitrogens with one attached hydrogen (secondary N) is 1. The van der Waals surface area contributed by atoms with Crippen molar-refractivity contribution in [2.75, 3.05) is 5.32 Å². The molecule has 0 aliphatic heterocycles. The standard InChI is InChI=1S/C27H23N3O2/c1-19-8-10-21(11-9-19)12-17-27(31)32-24-15-13-23(14-16-24)30-26-18-25(28-20(2)29-26)22-6-4-3-5-7-22/h3-18H,1-2H3,(H,28,29,30)/b17-12+. The van der Waals surface area contributed by atoms with Gasteiger partial charge in [0.05, 0.1) is 5.69 Å². The van der Waals surface area contributed by atoms with Crippen molar-refractivity contribution < 1.29 is 9.53 Å². The fraction of sp³-hybridized carbons (Fsp3) is 0.0741. The summed E-state index contributed by atoms with van der Waals surface area (Å²) in [4.78, 5) is 21.1. The number of hydrogen-bond acceptors (Lipinski definition) is 5. The molecule has 0 radical (unpaired) electrons. The number of ether oxygens (including phenoxy) is 1. The van der Waals surface area contributed by atoms with Crippen LogP contribution >= 0.6 is 0 Å². The highest BCUT2D eigenvalue weighted by Gasteiger charge is 2.06. The van der Waals surface area contributed by atoms with Crippen molar-refractivity contribution in [3.05, 3.63) is 108 Å².